The van der Waals surface area contributed by atoms with Crippen molar-refractivity contribution in [3.8, 4) is 0 Å². The Morgan fingerprint density at radius 2 is 2.44 bits per heavy atom. The molecule has 7 heteroatoms. The molecule has 2 rings (SSSR count). The number of nitrogens with zero attached hydrogens (tertiary/aromatic N) is 3. The van der Waals surface area contributed by atoms with E-state index in [4.69, 9.17) is 17.3 Å². The van der Waals surface area contributed by atoms with Gasteiger partial charge in [0.05, 0.1) is 6.04 Å². The number of aliphatic hydroxyl groups is 1. The van der Waals surface area contributed by atoms with E-state index in [1.54, 1.807) is 16.5 Å². The number of aromatic amines is 1. The van der Waals surface area contributed by atoms with Gasteiger partial charge in [0, 0.05) is 20.0 Å². The van der Waals surface area contributed by atoms with E-state index >= 15 is 0 Å². The van der Waals surface area contributed by atoms with Crippen molar-refractivity contribution in [2.24, 2.45) is 0 Å². The first-order valence-corrected chi connectivity index (χ1v) is 5.55. The molecular weight excluding hydrogens is 228 g/mol. The zero-order valence-electron chi connectivity index (χ0n) is 9.01. The molecule has 1 aliphatic rings. The van der Waals surface area contributed by atoms with Crippen LogP contribution in [0.4, 0.5) is 0 Å². The van der Waals surface area contributed by atoms with Crippen molar-refractivity contribution >= 4 is 18.1 Å². The standard InChI is InChI=1S/C9H14N4O2S/c1-12-4-6(2-3-8(12)15)13-7(5-14)10-11-9(13)16/h6,14H,2-5H2,1H3,(H,11,16). The molecule has 1 aromatic rings. The number of H-pyrrole nitrogens is 1. The zero-order chi connectivity index (χ0) is 11.7. The lowest BCUT2D eigenvalue weighted by atomic mass is 10.1. The van der Waals surface area contributed by atoms with E-state index in [1.807, 2.05) is 0 Å². The Bertz CT molecular complexity index is 453. The van der Waals surface area contributed by atoms with Gasteiger partial charge in [0.2, 0.25) is 5.91 Å². The highest BCUT2D eigenvalue weighted by Crippen LogP contribution is 2.22. The van der Waals surface area contributed by atoms with Crippen molar-refractivity contribution in [2.45, 2.75) is 25.5 Å². The summed E-state index contributed by atoms with van der Waals surface area (Å²) >= 11 is 5.12. The molecule has 0 bridgehead atoms. The highest BCUT2D eigenvalue weighted by Gasteiger charge is 2.26. The fourth-order valence-corrected chi connectivity index (χ4v) is 2.33. The fraction of sp³-hybridized carbons (Fsp3) is 0.667. The minimum atomic E-state index is -0.151. The van der Waals surface area contributed by atoms with Crippen LogP contribution in [0.15, 0.2) is 0 Å². The van der Waals surface area contributed by atoms with E-state index in [2.05, 4.69) is 10.2 Å². The minimum Gasteiger partial charge on any atom is -0.388 e. The molecule has 6 nitrogen and oxygen atoms in total. The van der Waals surface area contributed by atoms with Gasteiger partial charge < -0.3 is 10.0 Å². The van der Waals surface area contributed by atoms with Crippen LogP contribution in [0.2, 0.25) is 0 Å². The molecule has 2 heterocycles. The number of hydrogen-bond acceptors (Lipinski definition) is 4. The fourth-order valence-electron chi connectivity index (χ4n) is 2.03. The Labute approximate surface area is 97.9 Å². The Balaban J connectivity index is 2.27. The van der Waals surface area contributed by atoms with Crippen LogP contribution in [0.3, 0.4) is 0 Å². The van der Waals surface area contributed by atoms with Gasteiger partial charge in [-0.25, -0.2) is 0 Å². The summed E-state index contributed by atoms with van der Waals surface area (Å²) in [4.78, 5) is 13.1. The molecule has 1 aliphatic heterocycles. The summed E-state index contributed by atoms with van der Waals surface area (Å²) in [6.45, 7) is 0.459. The Hall–Kier alpha value is -1.21. The summed E-state index contributed by atoms with van der Waals surface area (Å²) in [7, 11) is 1.77. The first-order chi connectivity index (χ1) is 7.63. The number of piperidine rings is 1. The van der Waals surface area contributed by atoms with Gasteiger partial charge in [0.15, 0.2) is 10.6 Å². The van der Waals surface area contributed by atoms with Crippen LogP contribution in [0.1, 0.15) is 24.7 Å². The third-order valence-electron chi connectivity index (χ3n) is 2.89. The molecule has 1 fully saturated rings. The van der Waals surface area contributed by atoms with Crippen LogP contribution in [0, 0.1) is 4.77 Å². The monoisotopic (exact) mass is 242 g/mol. The zero-order valence-corrected chi connectivity index (χ0v) is 9.83. The van der Waals surface area contributed by atoms with Crippen LogP contribution >= 0.6 is 12.2 Å². The number of nitrogens with one attached hydrogen (secondary N) is 1. The molecule has 0 radical (unpaired) electrons. The molecule has 0 aliphatic carbocycles. The molecule has 1 unspecified atom stereocenters. The molecule has 1 aromatic heterocycles. The molecular formula is C9H14N4O2S. The summed E-state index contributed by atoms with van der Waals surface area (Å²) in [6, 6.07) is 0.107. The maximum atomic E-state index is 11.4. The molecule has 1 amide bonds. The van der Waals surface area contributed by atoms with Gasteiger partial charge in [-0.1, -0.05) is 0 Å². The first kappa shape index (κ1) is 11.3. The Morgan fingerprint density at radius 3 is 3.06 bits per heavy atom. The molecule has 16 heavy (non-hydrogen) atoms. The van der Waals surface area contributed by atoms with Gasteiger partial charge in [-0.2, -0.15) is 5.10 Å². The van der Waals surface area contributed by atoms with Crippen LogP contribution < -0.4 is 0 Å². The van der Waals surface area contributed by atoms with Crippen molar-refractivity contribution in [1.82, 2.24) is 19.7 Å². The van der Waals surface area contributed by atoms with Crippen LogP contribution in [0.5, 0.6) is 0 Å². The summed E-state index contributed by atoms with van der Waals surface area (Å²) in [5, 5.41) is 15.8. The van der Waals surface area contributed by atoms with E-state index in [0.717, 1.165) is 6.42 Å². The van der Waals surface area contributed by atoms with Gasteiger partial charge in [0.1, 0.15) is 6.61 Å². The average Bonchev–Trinajstić information content (AvgIpc) is 2.64. The SMILES string of the molecule is CN1CC(n2c(CO)n[nH]c2=S)CCC1=O. The number of carbonyl (C=O) groups excluding carboxylic acids is 1. The topological polar surface area (TPSA) is 74.2 Å². The van der Waals surface area contributed by atoms with E-state index in [-0.39, 0.29) is 18.6 Å². The summed E-state index contributed by atoms with van der Waals surface area (Å²) in [6.07, 6.45) is 1.25. The van der Waals surface area contributed by atoms with Gasteiger partial charge >= 0.3 is 0 Å². The van der Waals surface area contributed by atoms with Crippen LogP contribution in [-0.4, -0.2) is 44.3 Å². The van der Waals surface area contributed by atoms with E-state index in [1.165, 1.54) is 0 Å². The van der Waals surface area contributed by atoms with Crippen molar-refractivity contribution in [3.63, 3.8) is 0 Å². The number of likely N-dealkylation sites (tertiary alicyclic amines) is 1. The smallest absolute Gasteiger partial charge is 0.222 e. The van der Waals surface area contributed by atoms with Gasteiger partial charge in [-0.05, 0) is 18.6 Å². The molecule has 1 atom stereocenters. The Morgan fingerprint density at radius 1 is 1.69 bits per heavy atom. The number of carbonyl (C=O) groups is 1. The summed E-state index contributed by atoms with van der Waals surface area (Å²) in [5.74, 6) is 0.676. The second-order valence-corrected chi connectivity index (χ2v) is 4.33. The molecule has 0 saturated carbocycles. The highest BCUT2D eigenvalue weighted by molar-refractivity contribution is 7.71. The molecule has 0 spiro atoms. The largest absolute Gasteiger partial charge is 0.388 e. The number of amides is 1. The number of rotatable bonds is 2. The second kappa shape index (κ2) is 4.34. The minimum absolute atomic E-state index is 0.107. The van der Waals surface area contributed by atoms with Gasteiger partial charge in [-0.3, -0.25) is 14.5 Å². The molecule has 1 saturated heterocycles. The first-order valence-electron chi connectivity index (χ1n) is 5.14. The van der Waals surface area contributed by atoms with Crippen molar-refractivity contribution in [1.29, 1.82) is 0 Å². The Kier molecular flexibility index (Phi) is 3.06. The van der Waals surface area contributed by atoms with Crippen LogP contribution in [0.25, 0.3) is 0 Å². The van der Waals surface area contributed by atoms with Gasteiger partial charge in [0.25, 0.3) is 0 Å². The maximum Gasteiger partial charge on any atom is 0.222 e. The van der Waals surface area contributed by atoms with Gasteiger partial charge in [-0.15, -0.1) is 0 Å². The normalized spacial score (nSPS) is 21.5. The van der Waals surface area contributed by atoms with E-state index < -0.39 is 0 Å². The number of aromatic nitrogens is 3. The summed E-state index contributed by atoms with van der Waals surface area (Å²) < 4.78 is 2.30. The average molecular weight is 242 g/mol. The molecule has 0 aromatic carbocycles. The van der Waals surface area contributed by atoms with Crippen LogP contribution in [-0.2, 0) is 11.4 Å². The third-order valence-corrected chi connectivity index (χ3v) is 3.17. The number of aliphatic hydroxyl groups excluding tert-OH is 1. The highest BCUT2D eigenvalue weighted by atomic mass is 32.1. The third kappa shape index (κ3) is 1.88. The predicted molar refractivity (Wildman–Crippen MR) is 59.2 cm³/mol. The van der Waals surface area contributed by atoms with Crippen molar-refractivity contribution < 1.29 is 9.90 Å². The maximum absolute atomic E-state index is 11.4. The number of likely N-dealkylation sites (N-methyl/N-ethyl adjacent to an activating group) is 1. The number of hydrogen-bond donors (Lipinski definition) is 2. The predicted octanol–water partition coefficient (Wildman–Crippen LogP) is 0.226. The van der Waals surface area contributed by atoms with Crippen molar-refractivity contribution in [3.05, 3.63) is 10.6 Å². The van der Waals surface area contributed by atoms with Crippen molar-refractivity contribution in [2.75, 3.05) is 13.6 Å². The second-order valence-electron chi connectivity index (χ2n) is 3.94. The van der Waals surface area contributed by atoms with E-state index in [9.17, 15) is 4.79 Å². The molecule has 2 N–H and O–H groups in total. The van der Waals surface area contributed by atoms with E-state index in [0.29, 0.717) is 23.6 Å². The lowest BCUT2D eigenvalue weighted by molar-refractivity contribution is -0.132. The lowest BCUT2D eigenvalue weighted by Crippen LogP contribution is -2.38. The summed E-state index contributed by atoms with van der Waals surface area (Å²) in [5.41, 5.74) is 0. The molecule has 88 valence electrons. The quantitative estimate of drug-likeness (QED) is 0.728. The lowest BCUT2D eigenvalue weighted by Gasteiger charge is -2.30.